The molecular weight excluding hydrogens is 390 g/mol. The van der Waals surface area contributed by atoms with Gasteiger partial charge in [0.25, 0.3) is 0 Å². The van der Waals surface area contributed by atoms with Crippen molar-refractivity contribution in [2.75, 3.05) is 13.1 Å². The van der Waals surface area contributed by atoms with E-state index in [0.29, 0.717) is 11.3 Å². The summed E-state index contributed by atoms with van der Waals surface area (Å²) in [5, 5.41) is 2.78. The van der Waals surface area contributed by atoms with Crippen LogP contribution in [0.3, 0.4) is 0 Å². The molecule has 0 spiro atoms. The minimum Gasteiger partial charge on any atom is -0.348 e. The zero-order valence-corrected chi connectivity index (χ0v) is 15.3. The van der Waals surface area contributed by atoms with Crippen molar-refractivity contribution in [2.24, 2.45) is 0 Å². The molecule has 8 heteroatoms. The molecular formula is C17H18BrN3O4. The van der Waals surface area contributed by atoms with Gasteiger partial charge < -0.3 is 5.32 Å². The second kappa shape index (κ2) is 8.06. The largest absolute Gasteiger partial charge is 0.348 e. The Hall–Kier alpha value is -2.48. The standard InChI is InChI=1S/C17H18BrN3O4/c1-3-9-20-15(23)16(24)21(17(20)25)10-14(22)19-13(4-2)11-5-7-12(18)8-6-11/h3,5-8,13H,1,4,9-10H2,2H3,(H,19,22)/t13-/m0/s1. The van der Waals surface area contributed by atoms with Crippen molar-refractivity contribution >= 4 is 39.7 Å². The van der Waals surface area contributed by atoms with E-state index in [0.717, 1.165) is 14.9 Å². The molecule has 0 unspecified atom stereocenters. The summed E-state index contributed by atoms with van der Waals surface area (Å²) in [4.78, 5) is 49.4. The van der Waals surface area contributed by atoms with Crippen molar-refractivity contribution in [1.29, 1.82) is 0 Å². The maximum Gasteiger partial charge on any atom is 0.335 e. The summed E-state index contributed by atoms with van der Waals surface area (Å²) in [6.45, 7) is 4.78. The number of hydrogen-bond acceptors (Lipinski definition) is 4. The molecule has 1 atom stereocenters. The summed E-state index contributed by atoms with van der Waals surface area (Å²) >= 11 is 3.35. The Morgan fingerprint density at radius 1 is 1.20 bits per heavy atom. The van der Waals surface area contributed by atoms with Gasteiger partial charge in [-0.3, -0.25) is 19.3 Å². The Kier molecular flexibility index (Phi) is 6.08. The molecule has 1 heterocycles. The van der Waals surface area contributed by atoms with Crippen LogP contribution in [0.5, 0.6) is 0 Å². The number of benzene rings is 1. The van der Waals surface area contributed by atoms with Crippen LogP contribution in [0.1, 0.15) is 24.9 Å². The van der Waals surface area contributed by atoms with Gasteiger partial charge in [-0.15, -0.1) is 6.58 Å². The predicted octanol–water partition coefficient (Wildman–Crippen LogP) is 1.99. The average Bonchev–Trinajstić information content (AvgIpc) is 2.79. The van der Waals surface area contributed by atoms with E-state index in [2.05, 4.69) is 27.8 Å². The van der Waals surface area contributed by atoms with E-state index in [4.69, 9.17) is 0 Å². The Morgan fingerprint density at radius 2 is 1.80 bits per heavy atom. The molecule has 1 saturated heterocycles. The highest BCUT2D eigenvalue weighted by Gasteiger charge is 2.44. The van der Waals surface area contributed by atoms with Crippen LogP contribution in [0.2, 0.25) is 0 Å². The molecule has 0 bridgehead atoms. The van der Waals surface area contributed by atoms with E-state index < -0.39 is 30.3 Å². The second-order valence-corrected chi connectivity index (χ2v) is 6.37. The Labute approximate surface area is 153 Å². The fourth-order valence-electron chi connectivity index (χ4n) is 2.48. The number of carbonyl (C=O) groups is 4. The number of rotatable bonds is 7. The molecule has 1 fully saturated rings. The lowest BCUT2D eigenvalue weighted by molar-refractivity contribution is -0.143. The van der Waals surface area contributed by atoms with Crippen molar-refractivity contribution in [3.63, 3.8) is 0 Å². The summed E-state index contributed by atoms with van der Waals surface area (Å²) in [5.74, 6) is -2.46. The van der Waals surface area contributed by atoms with Crippen LogP contribution in [0.4, 0.5) is 4.79 Å². The van der Waals surface area contributed by atoms with E-state index >= 15 is 0 Å². The molecule has 1 aromatic rings. The van der Waals surface area contributed by atoms with Gasteiger partial charge >= 0.3 is 17.8 Å². The summed E-state index contributed by atoms with van der Waals surface area (Å²) in [5.41, 5.74) is 0.905. The van der Waals surface area contributed by atoms with E-state index in [1.807, 2.05) is 31.2 Å². The number of carbonyl (C=O) groups excluding carboxylic acids is 4. The van der Waals surface area contributed by atoms with Gasteiger partial charge in [0.05, 0.1) is 6.04 Å². The van der Waals surface area contributed by atoms with Crippen molar-refractivity contribution in [3.8, 4) is 0 Å². The van der Waals surface area contributed by atoms with Gasteiger partial charge in [-0.25, -0.2) is 9.69 Å². The quantitative estimate of drug-likeness (QED) is 0.425. The number of hydrogen-bond donors (Lipinski definition) is 1. The maximum atomic E-state index is 12.3. The van der Waals surface area contributed by atoms with Gasteiger partial charge in [0.15, 0.2) is 0 Å². The number of nitrogens with zero attached hydrogens (tertiary/aromatic N) is 2. The summed E-state index contributed by atoms with van der Waals surface area (Å²) in [7, 11) is 0. The highest BCUT2D eigenvalue weighted by atomic mass is 79.9. The topological polar surface area (TPSA) is 86.8 Å². The zero-order chi connectivity index (χ0) is 18.6. The van der Waals surface area contributed by atoms with Crippen LogP contribution < -0.4 is 5.32 Å². The lowest BCUT2D eigenvalue weighted by atomic mass is 10.0. The number of amides is 5. The molecule has 5 amide bonds. The smallest absolute Gasteiger partial charge is 0.335 e. The minimum atomic E-state index is -1.00. The Bertz CT molecular complexity index is 717. The first-order valence-corrected chi connectivity index (χ1v) is 8.51. The fourth-order valence-corrected chi connectivity index (χ4v) is 2.74. The molecule has 0 aliphatic carbocycles. The first kappa shape index (κ1) is 18.9. The van der Waals surface area contributed by atoms with Crippen LogP contribution in [0.15, 0.2) is 41.4 Å². The normalized spacial score (nSPS) is 15.5. The molecule has 1 aliphatic heterocycles. The third-order valence-electron chi connectivity index (χ3n) is 3.76. The molecule has 1 aliphatic rings. The molecule has 1 aromatic carbocycles. The number of imide groups is 2. The van der Waals surface area contributed by atoms with E-state index in [-0.39, 0.29) is 12.6 Å². The van der Waals surface area contributed by atoms with Crippen molar-refractivity contribution in [2.45, 2.75) is 19.4 Å². The first-order valence-electron chi connectivity index (χ1n) is 7.72. The van der Waals surface area contributed by atoms with Crippen LogP contribution in [0.25, 0.3) is 0 Å². The van der Waals surface area contributed by atoms with Gasteiger partial charge in [0.2, 0.25) is 5.91 Å². The average molecular weight is 408 g/mol. The van der Waals surface area contributed by atoms with Gasteiger partial charge in [0, 0.05) is 11.0 Å². The summed E-state index contributed by atoms with van der Waals surface area (Å²) < 4.78 is 0.923. The molecule has 25 heavy (non-hydrogen) atoms. The second-order valence-electron chi connectivity index (χ2n) is 5.46. The van der Waals surface area contributed by atoms with E-state index in [9.17, 15) is 19.2 Å². The first-order chi connectivity index (χ1) is 11.9. The van der Waals surface area contributed by atoms with Crippen LogP contribution >= 0.6 is 15.9 Å². The van der Waals surface area contributed by atoms with E-state index in [1.165, 1.54) is 6.08 Å². The predicted molar refractivity (Wildman–Crippen MR) is 94.3 cm³/mol. The molecule has 0 saturated carbocycles. The molecule has 0 aromatic heterocycles. The maximum absolute atomic E-state index is 12.3. The fraction of sp³-hybridized carbons (Fsp3) is 0.294. The Balaban J connectivity index is 2.04. The van der Waals surface area contributed by atoms with Crippen LogP contribution in [-0.4, -0.2) is 46.6 Å². The van der Waals surface area contributed by atoms with Crippen LogP contribution in [0, 0.1) is 0 Å². The Morgan fingerprint density at radius 3 is 2.36 bits per heavy atom. The van der Waals surface area contributed by atoms with E-state index in [1.54, 1.807) is 0 Å². The number of urea groups is 1. The van der Waals surface area contributed by atoms with Gasteiger partial charge in [-0.05, 0) is 24.1 Å². The third kappa shape index (κ3) is 4.14. The summed E-state index contributed by atoms with van der Waals surface area (Å²) in [6, 6.07) is 6.42. The lowest BCUT2D eigenvalue weighted by Crippen LogP contribution is -2.42. The van der Waals surface area contributed by atoms with Gasteiger partial charge in [-0.1, -0.05) is 41.1 Å². The van der Waals surface area contributed by atoms with Gasteiger partial charge in [-0.2, -0.15) is 0 Å². The minimum absolute atomic E-state index is 0.0714. The highest BCUT2D eigenvalue weighted by Crippen LogP contribution is 2.19. The van der Waals surface area contributed by atoms with Crippen molar-refractivity contribution < 1.29 is 19.2 Å². The SMILES string of the molecule is C=CCN1C(=O)C(=O)N(CC(=O)N[C@@H](CC)c2ccc(Br)cc2)C1=O. The zero-order valence-electron chi connectivity index (χ0n) is 13.7. The van der Waals surface area contributed by atoms with Crippen molar-refractivity contribution in [3.05, 3.63) is 47.0 Å². The highest BCUT2D eigenvalue weighted by molar-refractivity contribution is 9.10. The molecule has 132 valence electrons. The molecule has 7 nitrogen and oxygen atoms in total. The van der Waals surface area contributed by atoms with Gasteiger partial charge in [0.1, 0.15) is 6.54 Å². The number of nitrogens with one attached hydrogen (secondary N) is 1. The summed E-state index contributed by atoms with van der Waals surface area (Å²) in [6.07, 6.45) is 1.98. The molecule has 0 radical (unpaired) electrons. The third-order valence-corrected chi connectivity index (χ3v) is 4.29. The van der Waals surface area contributed by atoms with Crippen LogP contribution in [-0.2, 0) is 14.4 Å². The molecule has 1 N–H and O–H groups in total. The lowest BCUT2D eigenvalue weighted by Gasteiger charge is -2.19. The number of halogens is 1. The monoisotopic (exact) mass is 407 g/mol. The van der Waals surface area contributed by atoms with Crippen molar-refractivity contribution in [1.82, 2.24) is 15.1 Å². The molecule has 2 rings (SSSR count).